The molecule has 42 heavy (non-hydrogen) atoms. The minimum absolute atomic E-state index is 0.00600. The maximum atomic E-state index is 13.2. The van der Waals surface area contributed by atoms with E-state index in [1.807, 2.05) is 30.3 Å². The summed E-state index contributed by atoms with van der Waals surface area (Å²) in [5.74, 6) is 0.737. The number of ether oxygens (including phenoxy) is 2. The predicted octanol–water partition coefficient (Wildman–Crippen LogP) is 7.21. The van der Waals surface area contributed by atoms with Crippen molar-refractivity contribution in [1.29, 1.82) is 0 Å². The van der Waals surface area contributed by atoms with Crippen LogP contribution in [-0.2, 0) is 11.4 Å². The van der Waals surface area contributed by atoms with Gasteiger partial charge in [0.05, 0.1) is 25.5 Å². The molecule has 0 aliphatic heterocycles. The summed E-state index contributed by atoms with van der Waals surface area (Å²) in [7, 11) is 3.12. The lowest BCUT2D eigenvalue weighted by Gasteiger charge is -2.13. The van der Waals surface area contributed by atoms with Gasteiger partial charge in [-0.15, -0.1) is 0 Å². The molecule has 0 radical (unpaired) electrons. The second kappa shape index (κ2) is 12.1. The first-order valence-corrected chi connectivity index (χ1v) is 13.3. The first-order valence-electron chi connectivity index (χ1n) is 13.3. The van der Waals surface area contributed by atoms with Gasteiger partial charge < -0.3 is 14.8 Å². The fraction of sp³-hybridized carbons (Fsp3) is 0.147. The normalized spacial score (nSPS) is 10.9. The fourth-order valence-electron chi connectivity index (χ4n) is 4.71. The maximum absolute atomic E-state index is 13.2. The average Bonchev–Trinajstić information content (AvgIpc) is 3.00. The van der Waals surface area contributed by atoms with Crippen LogP contribution in [0.5, 0.6) is 11.5 Å². The topological polar surface area (TPSA) is 103 Å². The molecule has 5 aromatic rings. The molecule has 0 fully saturated rings. The molecule has 0 heterocycles. The molecule has 212 valence electrons. The molecule has 0 saturated carbocycles. The van der Waals surface area contributed by atoms with Crippen molar-refractivity contribution in [2.45, 2.75) is 20.5 Å². The molecule has 0 spiro atoms. The summed E-state index contributed by atoms with van der Waals surface area (Å²) < 4.78 is 11.0. The second-order valence-corrected chi connectivity index (χ2v) is 9.87. The number of methoxy groups -OCH3 is 2. The number of carbonyl (C=O) groups is 3. The molecule has 0 bridgehead atoms. The van der Waals surface area contributed by atoms with E-state index in [9.17, 15) is 14.4 Å². The SMILES string of the molecule is COc1cc2ccc(C(C)=O)cc2cc1CONc1ccc(NC(=O)c2cc3cc(C(C)=O)ccc3cc2OC)cc1. The third kappa shape index (κ3) is 6.09. The zero-order valence-corrected chi connectivity index (χ0v) is 23.7. The molecule has 0 aliphatic rings. The van der Waals surface area contributed by atoms with E-state index in [0.717, 1.165) is 27.1 Å². The molecule has 0 aliphatic carbocycles. The third-order valence-electron chi connectivity index (χ3n) is 7.02. The van der Waals surface area contributed by atoms with Crippen LogP contribution in [0.3, 0.4) is 0 Å². The van der Waals surface area contributed by atoms with Gasteiger partial charge in [0, 0.05) is 22.4 Å². The van der Waals surface area contributed by atoms with Crippen molar-refractivity contribution in [3.63, 3.8) is 0 Å². The molecular formula is C34H30N2O6. The first-order chi connectivity index (χ1) is 20.2. The van der Waals surface area contributed by atoms with E-state index in [1.165, 1.54) is 14.0 Å². The van der Waals surface area contributed by atoms with Gasteiger partial charge in [0.25, 0.3) is 5.91 Å². The van der Waals surface area contributed by atoms with Crippen LogP contribution in [0, 0.1) is 0 Å². The standard InChI is InChI=1S/C34H30N2O6/c1-20(37)22-5-7-24-17-32(40-3)28(15-26(24)13-22)19-42-36-30-11-9-29(10-12-30)35-34(39)31-16-27-14-23(21(2)38)6-8-25(27)18-33(31)41-4/h5-18,36H,19H2,1-4H3,(H,35,39). The molecule has 5 aromatic carbocycles. The van der Waals surface area contributed by atoms with Gasteiger partial charge in [-0.25, -0.2) is 0 Å². The van der Waals surface area contributed by atoms with Crippen LogP contribution < -0.4 is 20.3 Å². The number of ketones is 2. The average molecular weight is 563 g/mol. The van der Waals surface area contributed by atoms with Crippen molar-refractivity contribution in [1.82, 2.24) is 0 Å². The summed E-state index contributed by atoms with van der Waals surface area (Å²) in [6.45, 7) is 3.27. The number of benzene rings is 5. The maximum Gasteiger partial charge on any atom is 0.259 e. The highest BCUT2D eigenvalue weighted by atomic mass is 16.6. The van der Waals surface area contributed by atoms with Crippen molar-refractivity contribution in [3.8, 4) is 11.5 Å². The summed E-state index contributed by atoms with van der Waals surface area (Å²) in [5, 5.41) is 6.42. The van der Waals surface area contributed by atoms with Crippen LogP contribution in [0.1, 0.15) is 50.5 Å². The summed E-state index contributed by atoms with van der Waals surface area (Å²) in [6, 6.07) is 25.4. The van der Waals surface area contributed by atoms with Crippen molar-refractivity contribution in [3.05, 3.63) is 107 Å². The zero-order valence-electron chi connectivity index (χ0n) is 23.7. The highest BCUT2D eigenvalue weighted by Crippen LogP contribution is 2.29. The quantitative estimate of drug-likeness (QED) is 0.137. The molecular weight excluding hydrogens is 532 g/mol. The van der Waals surface area contributed by atoms with E-state index in [4.69, 9.17) is 14.3 Å². The monoisotopic (exact) mass is 562 g/mol. The zero-order chi connectivity index (χ0) is 29.8. The number of Topliss-reactive ketones (excluding diaryl/α,β-unsaturated/α-hetero) is 2. The van der Waals surface area contributed by atoms with Gasteiger partial charge in [-0.1, -0.05) is 24.3 Å². The Balaban J connectivity index is 1.25. The number of carbonyl (C=O) groups excluding carboxylic acids is 3. The summed E-state index contributed by atoms with van der Waals surface area (Å²) in [4.78, 5) is 42.5. The van der Waals surface area contributed by atoms with E-state index < -0.39 is 0 Å². The Hall–Kier alpha value is -5.21. The summed E-state index contributed by atoms with van der Waals surface area (Å²) >= 11 is 0. The number of nitrogens with one attached hydrogen (secondary N) is 2. The van der Waals surface area contributed by atoms with E-state index in [0.29, 0.717) is 39.6 Å². The van der Waals surface area contributed by atoms with Crippen molar-refractivity contribution < 1.29 is 28.7 Å². The van der Waals surface area contributed by atoms with Crippen LogP contribution in [0.25, 0.3) is 21.5 Å². The lowest BCUT2D eigenvalue weighted by Crippen LogP contribution is -2.13. The number of fused-ring (bicyclic) bond motifs is 2. The summed E-state index contributed by atoms with van der Waals surface area (Å²) in [6.07, 6.45) is 0. The lowest BCUT2D eigenvalue weighted by molar-refractivity contribution is 0.100. The Labute approximate surface area is 243 Å². The van der Waals surface area contributed by atoms with Gasteiger partial charge in [0.1, 0.15) is 18.1 Å². The Morgan fingerprint density at radius 1 is 0.619 bits per heavy atom. The Morgan fingerprint density at radius 3 is 1.74 bits per heavy atom. The van der Waals surface area contributed by atoms with Crippen molar-refractivity contribution in [2.75, 3.05) is 25.0 Å². The Morgan fingerprint density at radius 2 is 1.17 bits per heavy atom. The molecule has 0 saturated heterocycles. The number of hydrogen-bond acceptors (Lipinski definition) is 7. The largest absolute Gasteiger partial charge is 0.496 e. The molecule has 0 atom stereocenters. The van der Waals surface area contributed by atoms with E-state index in [2.05, 4.69) is 10.8 Å². The van der Waals surface area contributed by atoms with Crippen molar-refractivity contribution in [2.24, 2.45) is 0 Å². The molecule has 2 N–H and O–H groups in total. The van der Waals surface area contributed by atoms with Gasteiger partial charge in [-0.2, -0.15) is 0 Å². The first kappa shape index (κ1) is 28.3. The van der Waals surface area contributed by atoms with Gasteiger partial charge in [-0.05, 0) is 96.1 Å². The Bertz CT molecular complexity index is 1830. The smallest absolute Gasteiger partial charge is 0.259 e. The van der Waals surface area contributed by atoms with E-state index in [1.54, 1.807) is 68.6 Å². The summed E-state index contributed by atoms with van der Waals surface area (Å²) in [5.41, 5.74) is 6.59. The highest BCUT2D eigenvalue weighted by Gasteiger charge is 2.15. The second-order valence-electron chi connectivity index (χ2n) is 9.87. The van der Waals surface area contributed by atoms with Crippen molar-refractivity contribution >= 4 is 50.4 Å². The van der Waals surface area contributed by atoms with Gasteiger partial charge in [-0.3, -0.25) is 24.7 Å². The third-order valence-corrected chi connectivity index (χ3v) is 7.02. The molecule has 8 heteroatoms. The number of amides is 1. The van der Waals surface area contributed by atoms with Gasteiger partial charge >= 0.3 is 0 Å². The number of rotatable bonds is 10. The lowest BCUT2D eigenvalue weighted by atomic mass is 10.0. The minimum atomic E-state index is -0.338. The van der Waals surface area contributed by atoms with Gasteiger partial charge in [0.15, 0.2) is 11.6 Å². The van der Waals surface area contributed by atoms with Crippen LogP contribution in [0.15, 0.2) is 84.9 Å². The predicted molar refractivity (Wildman–Crippen MR) is 164 cm³/mol. The fourth-order valence-corrected chi connectivity index (χ4v) is 4.71. The van der Waals surface area contributed by atoms with E-state index >= 15 is 0 Å². The Kier molecular flexibility index (Phi) is 8.17. The van der Waals surface area contributed by atoms with Crippen LogP contribution in [-0.4, -0.2) is 31.7 Å². The van der Waals surface area contributed by atoms with Gasteiger partial charge in [0.2, 0.25) is 0 Å². The van der Waals surface area contributed by atoms with Crippen LogP contribution in [0.4, 0.5) is 11.4 Å². The molecule has 1 amide bonds. The van der Waals surface area contributed by atoms with Crippen LogP contribution in [0.2, 0.25) is 0 Å². The highest BCUT2D eigenvalue weighted by molar-refractivity contribution is 6.09. The molecule has 0 aromatic heterocycles. The van der Waals surface area contributed by atoms with E-state index in [-0.39, 0.29) is 24.1 Å². The molecule has 0 unspecified atom stereocenters. The number of hydrogen-bond donors (Lipinski definition) is 2. The van der Waals surface area contributed by atoms with Crippen LogP contribution >= 0.6 is 0 Å². The number of anilines is 2. The minimum Gasteiger partial charge on any atom is -0.496 e. The molecule has 5 rings (SSSR count). The molecule has 8 nitrogen and oxygen atoms in total.